The molecule has 0 saturated carbocycles. The van der Waals surface area contributed by atoms with Gasteiger partial charge >= 0.3 is 0 Å². The Bertz CT molecular complexity index is 270. The highest BCUT2D eigenvalue weighted by Gasteiger charge is 1.96. The minimum Gasteiger partial charge on any atom is -0.337 e. The van der Waals surface area contributed by atoms with Crippen LogP contribution in [0, 0.1) is 10.5 Å². The molecule has 0 radical (unpaired) electrons. The zero-order chi connectivity index (χ0) is 6.85. The largest absolute Gasteiger partial charge is 0.337 e. The average molecular weight is 164 g/mol. The lowest BCUT2D eigenvalue weighted by atomic mass is 10.5. The van der Waals surface area contributed by atoms with Gasteiger partial charge in [0.1, 0.15) is 5.02 Å². The Balaban J connectivity index is 3.43. The molecule has 0 aliphatic rings. The maximum absolute atomic E-state index is 12.3. The number of aromatic amines is 1. The minimum atomic E-state index is -0.579. The predicted molar refractivity (Wildman–Crippen MR) is 36.6 cm³/mol. The fourth-order valence-electron chi connectivity index (χ4n) is 0.435. The molecule has 0 atom stereocenters. The van der Waals surface area contributed by atoms with Crippen LogP contribution >= 0.6 is 23.8 Å². The fraction of sp³-hybridized carbons (Fsp3) is 0. The summed E-state index contributed by atoms with van der Waals surface area (Å²) in [7, 11) is 0. The number of aromatic nitrogens is 1. The molecule has 1 heterocycles. The summed E-state index contributed by atoms with van der Waals surface area (Å²) in [6, 6.07) is 1.53. The Labute approximate surface area is 61.5 Å². The molecule has 1 N–H and O–H groups in total. The topological polar surface area (TPSA) is 15.8 Å². The number of hydrogen-bond acceptors (Lipinski definition) is 1. The van der Waals surface area contributed by atoms with Gasteiger partial charge in [-0.05, 0) is 6.07 Å². The molecule has 0 saturated heterocycles. The van der Waals surface area contributed by atoms with Crippen LogP contribution in [-0.2, 0) is 0 Å². The molecule has 1 aromatic rings. The fourth-order valence-corrected chi connectivity index (χ4v) is 0.710. The number of rotatable bonds is 0. The van der Waals surface area contributed by atoms with Crippen LogP contribution in [0.25, 0.3) is 0 Å². The lowest BCUT2D eigenvalue weighted by molar-refractivity contribution is 0.583. The third-order valence-electron chi connectivity index (χ3n) is 0.854. The molecule has 0 amide bonds. The quantitative estimate of drug-likeness (QED) is 0.459. The van der Waals surface area contributed by atoms with E-state index in [1.54, 1.807) is 0 Å². The highest BCUT2D eigenvalue weighted by atomic mass is 35.5. The molecule has 0 aliphatic heterocycles. The Morgan fingerprint density at radius 3 is 2.78 bits per heavy atom. The highest BCUT2D eigenvalue weighted by Crippen LogP contribution is 2.11. The molecule has 0 aliphatic carbocycles. The summed E-state index contributed by atoms with van der Waals surface area (Å²) in [5.74, 6) is -0.579. The van der Waals surface area contributed by atoms with Crippen molar-refractivity contribution >= 4 is 23.8 Å². The van der Waals surface area contributed by atoms with Gasteiger partial charge in [-0.3, -0.25) is 0 Å². The van der Waals surface area contributed by atoms with Gasteiger partial charge in [0, 0.05) is 6.20 Å². The number of halogens is 2. The van der Waals surface area contributed by atoms with Crippen LogP contribution in [0.2, 0.25) is 5.02 Å². The van der Waals surface area contributed by atoms with Gasteiger partial charge in [0.25, 0.3) is 0 Å². The summed E-state index contributed by atoms with van der Waals surface area (Å²) >= 11 is 10.0. The molecule has 0 fully saturated rings. The van der Waals surface area contributed by atoms with Crippen LogP contribution in [0.15, 0.2) is 12.3 Å². The van der Waals surface area contributed by atoms with E-state index in [1.807, 2.05) is 0 Å². The first kappa shape index (κ1) is 6.71. The van der Waals surface area contributed by atoms with Crippen molar-refractivity contribution in [2.24, 2.45) is 0 Å². The van der Waals surface area contributed by atoms with Crippen LogP contribution in [-0.4, -0.2) is 4.98 Å². The minimum absolute atomic E-state index is 0.0208. The maximum atomic E-state index is 12.3. The van der Waals surface area contributed by atoms with Gasteiger partial charge < -0.3 is 4.98 Å². The summed E-state index contributed by atoms with van der Waals surface area (Å²) in [5.41, 5.74) is 0. The molecule has 1 nitrogen and oxygen atoms in total. The molecule has 9 heavy (non-hydrogen) atoms. The molecule has 0 aromatic carbocycles. The lowest BCUT2D eigenvalue weighted by Crippen LogP contribution is -1.81. The zero-order valence-electron chi connectivity index (χ0n) is 4.32. The van der Waals surface area contributed by atoms with E-state index in [-0.39, 0.29) is 5.02 Å². The Kier molecular flexibility index (Phi) is 1.83. The van der Waals surface area contributed by atoms with Gasteiger partial charge in [-0.15, -0.1) is 0 Å². The van der Waals surface area contributed by atoms with Crippen LogP contribution in [0.5, 0.6) is 0 Å². The van der Waals surface area contributed by atoms with Gasteiger partial charge in [0.15, 0.2) is 0 Å². The second-order valence-electron chi connectivity index (χ2n) is 1.47. The van der Waals surface area contributed by atoms with Gasteiger partial charge in [-0.25, -0.2) is 0 Å². The molecule has 0 bridgehead atoms. The van der Waals surface area contributed by atoms with Crippen molar-refractivity contribution in [3.63, 3.8) is 0 Å². The lowest BCUT2D eigenvalue weighted by Gasteiger charge is -1.89. The molecule has 0 unspecified atom stereocenters. The van der Waals surface area contributed by atoms with Gasteiger partial charge in [-0.2, -0.15) is 4.39 Å². The summed E-state index contributed by atoms with van der Waals surface area (Å²) in [6.45, 7) is 0. The van der Waals surface area contributed by atoms with Crippen molar-refractivity contribution in [1.29, 1.82) is 0 Å². The van der Waals surface area contributed by atoms with Crippen molar-refractivity contribution in [2.75, 3.05) is 0 Å². The van der Waals surface area contributed by atoms with E-state index < -0.39 is 5.95 Å². The first-order valence-corrected chi connectivity index (χ1v) is 3.03. The summed E-state index contributed by atoms with van der Waals surface area (Å²) in [4.78, 5) is 2.28. The molecular formula is C5H3ClFNS. The number of H-pyrrole nitrogens is 1. The van der Waals surface area contributed by atoms with Gasteiger partial charge in [0.05, 0.1) is 4.51 Å². The van der Waals surface area contributed by atoms with E-state index in [1.165, 1.54) is 12.3 Å². The van der Waals surface area contributed by atoms with E-state index in [0.717, 1.165) is 0 Å². The van der Waals surface area contributed by atoms with E-state index in [4.69, 9.17) is 11.6 Å². The smallest absolute Gasteiger partial charge is 0.211 e. The Hall–Kier alpha value is -0.410. The summed E-state index contributed by atoms with van der Waals surface area (Å²) in [6.07, 6.45) is 1.41. The molecule has 0 spiro atoms. The third kappa shape index (κ3) is 1.28. The summed E-state index contributed by atoms with van der Waals surface area (Å²) in [5, 5.41) is -0.0208. The van der Waals surface area contributed by atoms with E-state index in [9.17, 15) is 4.39 Å². The number of hydrogen-bond donors (Lipinski definition) is 1. The SMILES string of the molecule is Fc1[nH]ccc(=S)c1Cl. The van der Waals surface area contributed by atoms with Crippen LogP contribution in [0.3, 0.4) is 0 Å². The summed E-state index contributed by atoms with van der Waals surface area (Å²) < 4.78 is 12.7. The molecule has 4 heteroatoms. The second kappa shape index (κ2) is 2.45. The zero-order valence-corrected chi connectivity index (χ0v) is 5.89. The molecular weight excluding hydrogens is 161 g/mol. The molecule has 1 rings (SSSR count). The third-order valence-corrected chi connectivity index (χ3v) is 1.68. The Morgan fingerprint density at radius 1 is 1.67 bits per heavy atom. The molecule has 1 aromatic heterocycles. The van der Waals surface area contributed by atoms with Crippen molar-refractivity contribution < 1.29 is 4.39 Å². The van der Waals surface area contributed by atoms with Gasteiger partial charge in [0.2, 0.25) is 5.95 Å². The van der Waals surface area contributed by atoms with Crippen LogP contribution < -0.4 is 0 Å². The van der Waals surface area contributed by atoms with Crippen LogP contribution in [0.4, 0.5) is 4.39 Å². The maximum Gasteiger partial charge on any atom is 0.211 e. The van der Waals surface area contributed by atoms with Crippen molar-refractivity contribution in [3.8, 4) is 0 Å². The van der Waals surface area contributed by atoms with Crippen molar-refractivity contribution in [3.05, 3.63) is 27.7 Å². The van der Waals surface area contributed by atoms with Gasteiger partial charge in [-0.1, -0.05) is 23.8 Å². The monoisotopic (exact) mass is 163 g/mol. The predicted octanol–water partition coefficient (Wildman–Crippen LogP) is 2.54. The van der Waals surface area contributed by atoms with Crippen molar-refractivity contribution in [2.45, 2.75) is 0 Å². The first-order chi connectivity index (χ1) is 4.22. The number of pyridine rings is 1. The average Bonchev–Trinajstić information content (AvgIpc) is 1.83. The van der Waals surface area contributed by atoms with Crippen LogP contribution in [0.1, 0.15) is 0 Å². The highest BCUT2D eigenvalue weighted by molar-refractivity contribution is 7.71. The number of nitrogens with one attached hydrogen (secondary N) is 1. The van der Waals surface area contributed by atoms with E-state index in [2.05, 4.69) is 17.2 Å². The van der Waals surface area contributed by atoms with E-state index >= 15 is 0 Å². The Morgan fingerprint density at radius 2 is 2.33 bits per heavy atom. The van der Waals surface area contributed by atoms with Crippen molar-refractivity contribution in [1.82, 2.24) is 4.98 Å². The normalized spacial score (nSPS) is 9.56. The first-order valence-electron chi connectivity index (χ1n) is 2.24. The van der Waals surface area contributed by atoms with E-state index in [0.29, 0.717) is 4.51 Å². The molecule has 48 valence electrons. The second-order valence-corrected chi connectivity index (χ2v) is 2.29. The standard InChI is InChI=1S/C5H3ClFNS/c6-4-3(9)1-2-8-5(4)7/h1-2H,(H,8,9).